The Balaban J connectivity index is 2.06. The third kappa shape index (κ3) is 3.32. The quantitative estimate of drug-likeness (QED) is 0.784. The van der Waals surface area contributed by atoms with E-state index in [1.165, 1.54) is 7.05 Å². The van der Waals surface area contributed by atoms with Gasteiger partial charge in [-0.25, -0.2) is 4.79 Å². The van der Waals surface area contributed by atoms with Crippen molar-refractivity contribution in [3.63, 3.8) is 0 Å². The zero-order valence-corrected chi connectivity index (χ0v) is 15.5. The maximum atomic E-state index is 12.7. The molecule has 0 saturated carbocycles. The minimum absolute atomic E-state index is 0.266. The van der Waals surface area contributed by atoms with Crippen molar-refractivity contribution in [2.24, 2.45) is 7.05 Å². The summed E-state index contributed by atoms with van der Waals surface area (Å²) in [6.45, 7) is 3.87. The maximum Gasteiger partial charge on any atom is 0.332 e. The van der Waals surface area contributed by atoms with E-state index in [2.05, 4.69) is 32.8 Å². The van der Waals surface area contributed by atoms with Crippen LogP contribution in [-0.4, -0.2) is 47.3 Å². The van der Waals surface area contributed by atoms with Crippen molar-refractivity contribution in [2.45, 2.75) is 6.54 Å². The fourth-order valence-corrected chi connectivity index (χ4v) is 3.31. The molecule has 0 aliphatic carbocycles. The number of likely N-dealkylation sites (N-methyl/N-ethyl adjacent to an activating group) is 1. The minimum Gasteiger partial charge on any atom is -0.355 e. The van der Waals surface area contributed by atoms with Crippen molar-refractivity contribution in [2.75, 3.05) is 38.1 Å². The molecule has 6 nitrogen and oxygen atoms in total. The van der Waals surface area contributed by atoms with Gasteiger partial charge < -0.3 is 9.80 Å². The molecule has 2 heterocycles. The van der Waals surface area contributed by atoms with E-state index in [0.29, 0.717) is 12.4 Å². The second kappa shape index (κ2) is 6.94. The van der Waals surface area contributed by atoms with E-state index < -0.39 is 0 Å². The van der Waals surface area contributed by atoms with Crippen molar-refractivity contribution in [1.29, 1.82) is 0 Å². The topological polar surface area (TPSA) is 50.5 Å². The van der Waals surface area contributed by atoms with Crippen LogP contribution in [0.2, 0.25) is 0 Å². The van der Waals surface area contributed by atoms with Gasteiger partial charge in [0, 0.05) is 43.8 Å². The molecule has 0 N–H and O–H groups in total. The van der Waals surface area contributed by atoms with Crippen molar-refractivity contribution >= 4 is 21.7 Å². The van der Waals surface area contributed by atoms with E-state index in [0.717, 1.165) is 40.8 Å². The highest BCUT2D eigenvalue weighted by atomic mass is 79.9. The highest BCUT2D eigenvalue weighted by molar-refractivity contribution is 9.10. The third-order valence-corrected chi connectivity index (χ3v) is 5.26. The van der Waals surface area contributed by atoms with Crippen LogP contribution in [0.15, 0.2) is 44.4 Å². The molecule has 3 rings (SSSR count). The summed E-state index contributed by atoms with van der Waals surface area (Å²) in [6.07, 6.45) is 0. The number of nitrogens with zero attached hydrogens (tertiary/aromatic N) is 4. The van der Waals surface area contributed by atoms with Crippen molar-refractivity contribution in [3.8, 4) is 0 Å². The van der Waals surface area contributed by atoms with Gasteiger partial charge in [0.25, 0.3) is 5.56 Å². The second-order valence-corrected chi connectivity index (χ2v) is 7.00. The SMILES string of the molecule is CN1CCN(c2cc(=O)n(C)c(=O)n2Cc2ccccc2Br)CC1. The summed E-state index contributed by atoms with van der Waals surface area (Å²) in [4.78, 5) is 29.2. The molecule has 128 valence electrons. The Kier molecular flexibility index (Phi) is 4.91. The first-order valence-electron chi connectivity index (χ1n) is 7.95. The van der Waals surface area contributed by atoms with Crippen LogP contribution in [-0.2, 0) is 13.6 Å². The molecule has 1 aromatic carbocycles. The largest absolute Gasteiger partial charge is 0.355 e. The zero-order chi connectivity index (χ0) is 17.3. The molecule has 0 bridgehead atoms. The molecule has 1 aliphatic heterocycles. The van der Waals surface area contributed by atoms with Gasteiger partial charge in [0.2, 0.25) is 0 Å². The number of anilines is 1. The first-order valence-corrected chi connectivity index (χ1v) is 8.74. The highest BCUT2D eigenvalue weighted by Crippen LogP contribution is 2.19. The van der Waals surface area contributed by atoms with Crippen LogP contribution >= 0.6 is 15.9 Å². The van der Waals surface area contributed by atoms with Crippen LogP contribution in [0.4, 0.5) is 5.82 Å². The van der Waals surface area contributed by atoms with Crippen LogP contribution in [0.1, 0.15) is 5.56 Å². The Morgan fingerprint density at radius 1 is 1.04 bits per heavy atom. The monoisotopic (exact) mass is 392 g/mol. The average molecular weight is 393 g/mol. The van der Waals surface area contributed by atoms with Crippen molar-refractivity contribution < 1.29 is 0 Å². The molecular formula is C17H21BrN4O2. The predicted octanol–water partition coefficient (Wildman–Crippen LogP) is 1.11. The number of hydrogen-bond acceptors (Lipinski definition) is 4. The fraction of sp³-hybridized carbons (Fsp3) is 0.412. The Hall–Kier alpha value is -1.86. The van der Waals surface area contributed by atoms with Crippen LogP contribution < -0.4 is 16.1 Å². The second-order valence-electron chi connectivity index (χ2n) is 6.15. The summed E-state index contributed by atoms with van der Waals surface area (Å²) in [5.41, 5.74) is 0.457. The molecule has 0 radical (unpaired) electrons. The van der Waals surface area contributed by atoms with Crippen molar-refractivity contribution in [1.82, 2.24) is 14.0 Å². The first-order chi connectivity index (χ1) is 11.5. The fourth-order valence-electron chi connectivity index (χ4n) is 2.90. The first kappa shape index (κ1) is 17.0. The Bertz CT molecular complexity index is 850. The van der Waals surface area contributed by atoms with Gasteiger partial charge in [-0.2, -0.15) is 0 Å². The van der Waals surface area contributed by atoms with Crippen LogP contribution in [0.5, 0.6) is 0 Å². The van der Waals surface area contributed by atoms with E-state index >= 15 is 0 Å². The van der Waals surface area contributed by atoms with E-state index in [1.54, 1.807) is 10.6 Å². The summed E-state index contributed by atoms with van der Waals surface area (Å²) in [6, 6.07) is 9.40. The minimum atomic E-state index is -0.285. The number of hydrogen-bond donors (Lipinski definition) is 0. The molecule has 1 saturated heterocycles. The summed E-state index contributed by atoms with van der Waals surface area (Å²) in [5.74, 6) is 0.701. The van der Waals surface area contributed by atoms with Crippen molar-refractivity contribution in [3.05, 3.63) is 61.2 Å². The molecule has 2 aromatic rings. The standard InChI is InChI=1S/C17H21BrN4O2/c1-19-7-9-21(10-8-19)15-11-16(23)20(2)17(24)22(15)12-13-5-3-4-6-14(13)18/h3-6,11H,7-10,12H2,1-2H3. The molecule has 0 atom stereocenters. The van der Waals surface area contributed by atoms with Crippen LogP contribution in [0.25, 0.3) is 0 Å². The molecule has 1 fully saturated rings. The number of aromatic nitrogens is 2. The molecule has 0 unspecified atom stereocenters. The maximum absolute atomic E-state index is 12.7. The van der Waals surface area contributed by atoms with E-state index in [-0.39, 0.29) is 11.2 Å². The van der Waals surface area contributed by atoms with Gasteiger partial charge in [0.15, 0.2) is 0 Å². The highest BCUT2D eigenvalue weighted by Gasteiger charge is 2.20. The molecule has 24 heavy (non-hydrogen) atoms. The van der Waals surface area contributed by atoms with Gasteiger partial charge in [-0.1, -0.05) is 34.1 Å². The lowest BCUT2D eigenvalue weighted by molar-refractivity contribution is 0.310. The van der Waals surface area contributed by atoms with Gasteiger partial charge >= 0.3 is 5.69 Å². The van der Waals surface area contributed by atoms with E-state index in [1.807, 2.05) is 24.3 Å². The summed E-state index contributed by atoms with van der Waals surface area (Å²) >= 11 is 3.54. The van der Waals surface area contributed by atoms with Gasteiger partial charge in [-0.15, -0.1) is 0 Å². The molecule has 7 heteroatoms. The third-order valence-electron chi connectivity index (χ3n) is 4.49. The molecule has 1 aliphatic rings. The van der Waals surface area contributed by atoms with Crippen LogP contribution in [0.3, 0.4) is 0 Å². The normalized spacial score (nSPS) is 15.7. The molecule has 0 spiro atoms. The van der Waals surface area contributed by atoms with Gasteiger partial charge in [-0.3, -0.25) is 13.9 Å². The molecule has 1 aromatic heterocycles. The van der Waals surface area contributed by atoms with Gasteiger partial charge in [0.1, 0.15) is 5.82 Å². The van der Waals surface area contributed by atoms with Gasteiger partial charge in [0.05, 0.1) is 6.54 Å². The number of piperazine rings is 1. The van der Waals surface area contributed by atoms with E-state index in [9.17, 15) is 9.59 Å². The average Bonchev–Trinajstić information content (AvgIpc) is 2.58. The van der Waals surface area contributed by atoms with Gasteiger partial charge in [-0.05, 0) is 18.7 Å². The predicted molar refractivity (Wildman–Crippen MR) is 98.9 cm³/mol. The summed E-state index contributed by atoms with van der Waals surface area (Å²) in [7, 11) is 3.60. The molecule has 0 amide bonds. The summed E-state index contributed by atoms with van der Waals surface area (Å²) in [5, 5.41) is 0. The Morgan fingerprint density at radius 3 is 2.38 bits per heavy atom. The van der Waals surface area contributed by atoms with E-state index in [4.69, 9.17) is 0 Å². The smallest absolute Gasteiger partial charge is 0.332 e. The lowest BCUT2D eigenvalue weighted by atomic mass is 10.2. The number of halogens is 1. The Labute approximate surface area is 149 Å². The zero-order valence-electron chi connectivity index (χ0n) is 13.9. The summed E-state index contributed by atoms with van der Waals surface area (Å²) < 4.78 is 3.80. The Morgan fingerprint density at radius 2 is 1.71 bits per heavy atom. The lowest BCUT2D eigenvalue weighted by Gasteiger charge is -2.35. The van der Waals surface area contributed by atoms with Crippen LogP contribution in [0, 0.1) is 0 Å². The number of rotatable bonds is 3. The number of benzene rings is 1. The molecular weight excluding hydrogens is 372 g/mol. The lowest BCUT2D eigenvalue weighted by Crippen LogP contribution is -2.48.